The maximum atomic E-state index is 13.7. The Bertz CT molecular complexity index is 2180. The van der Waals surface area contributed by atoms with Crippen LogP contribution in [0.15, 0.2) is 60.7 Å². The van der Waals surface area contributed by atoms with Crippen molar-refractivity contribution in [2.45, 2.75) is 58.8 Å². The second-order valence-corrected chi connectivity index (χ2v) is 12.7. The molecule has 4 aromatic heterocycles. The van der Waals surface area contributed by atoms with E-state index in [1.54, 1.807) is 33.3 Å². The van der Waals surface area contributed by atoms with Crippen LogP contribution >= 0.6 is 0 Å². The van der Waals surface area contributed by atoms with Crippen LogP contribution in [0.3, 0.4) is 0 Å². The summed E-state index contributed by atoms with van der Waals surface area (Å²) in [6.07, 6.45) is -0.0970. The van der Waals surface area contributed by atoms with E-state index in [-0.39, 0.29) is 28.4 Å². The zero-order valence-electron chi connectivity index (χ0n) is 26.5. The number of Topliss-reactive ketones (excluding diaryl/α,β-unsaturated/α-hetero) is 1. The Labute approximate surface area is 267 Å². The fraction of sp³-hybridized carbons (Fsp3) is 0.265. The molecule has 0 bridgehead atoms. The van der Waals surface area contributed by atoms with Crippen molar-refractivity contribution in [3.8, 4) is 11.8 Å². The van der Waals surface area contributed by atoms with Gasteiger partial charge in [0, 0.05) is 23.0 Å². The van der Waals surface area contributed by atoms with Crippen molar-refractivity contribution in [2.24, 2.45) is 0 Å². The standard InChI is InChI=1S/C17H16F2N4O.C17H14F2N4/c1-17(2,3)16-21-20-15-7-5-11(22-23(15)16)9-14(24)12-6-4-10(18)8-13(12)19;1-17(2,3)16-21-20-15-9-8-13(22-23(15)16)7-5-11-4-6-12(18)10-14(11)19/h4-8H,9H2,1-3H3;4,6,8-10H,1-3H3. The highest BCUT2D eigenvalue weighted by molar-refractivity contribution is 5.97. The number of carbonyl (C=O) groups is 1. The first-order valence-electron chi connectivity index (χ1n) is 14.5. The van der Waals surface area contributed by atoms with Gasteiger partial charge in [-0.15, -0.1) is 20.4 Å². The average molecular weight is 643 g/mol. The summed E-state index contributed by atoms with van der Waals surface area (Å²) in [5.41, 5.74) is 1.58. The monoisotopic (exact) mass is 642 g/mol. The van der Waals surface area contributed by atoms with Gasteiger partial charge in [0.05, 0.1) is 23.2 Å². The lowest BCUT2D eigenvalue weighted by Gasteiger charge is -2.15. The van der Waals surface area contributed by atoms with Gasteiger partial charge in [0.15, 0.2) is 28.7 Å². The van der Waals surface area contributed by atoms with Crippen LogP contribution in [0, 0.1) is 35.1 Å². The topological polar surface area (TPSA) is 103 Å². The lowest BCUT2D eigenvalue weighted by molar-refractivity contribution is 0.0987. The molecule has 0 fully saturated rings. The van der Waals surface area contributed by atoms with Crippen LogP contribution in [0.4, 0.5) is 17.6 Å². The van der Waals surface area contributed by atoms with Crippen molar-refractivity contribution in [1.82, 2.24) is 39.6 Å². The zero-order chi connectivity index (χ0) is 34.1. The molecular formula is C34H30F4N8O. The Hall–Kier alpha value is -5.51. The largest absolute Gasteiger partial charge is 0.294 e. The summed E-state index contributed by atoms with van der Waals surface area (Å²) < 4.78 is 56.4. The molecule has 0 amide bonds. The Morgan fingerprint density at radius 3 is 1.79 bits per heavy atom. The smallest absolute Gasteiger partial charge is 0.178 e. The molecule has 0 radical (unpaired) electrons. The Kier molecular flexibility index (Phi) is 8.89. The van der Waals surface area contributed by atoms with Crippen LogP contribution in [-0.4, -0.2) is 45.4 Å². The molecule has 9 nitrogen and oxygen atoms in total. The number of rotatable bonds is 3. The number of aromatic nitrogens is 8. The minimum absolute atomic E-state index is 0.0970. The van der Waals surface area contributed by atoms with Gasteiger partial charge in [-0.2, -0.15) is 19.2 Å². The van der Waals surface area contributed by atoms with Gasteiger partial charge >= 0.3 is 0 Å². The Morgan fingerprint density at radius 2 is 1.21 bits per heavy atom. The number of ketones is 1. The van der Waals surface area contributed by atoms with Crippen molar-refractivity contribution < 1.29 is 22.4 Å². The second-order valence-electron chi connectivity index (χ2n) is 12.7. The number of hydrogen-bond donors (Lipinski definition) is 0. The van der Waals surface area contributed by atoms with Gasteiger partial charge in [0.1, 0.15) is 29.0 Å². The van der Waals surface area contributed by atoms with Gasteiger partial charge in [-0.3, -0.25) is 4.79 Å². The molecule has 0 atom stereocenters. The molecule has 47 heavy (non-hydrogen) atoms. The molecule has 0 saturated heterocycles. The van der Waals surface area contributed by atoms with Crippen LogP contribution in [0.25, 0.3) is 11.3 Å². The summed E-state index contributed by atoms with van der Waals surface area (Å²) in [6.45, 7) is 12.0. The first-order valence-corrected chi connectivity index (χ1v) is 14.5. The van der Waals surface area contributed by atoms with E-state index in [1.165, 1.54) is 12.1 Å². The van der Waals surface area contributed by atoms with Gasteiger partial charge in [-0.1, -0.05) is 47.5 Å². The number of hydrogen-bond acceptors (Lipinski definition) is 7. The van der Waals surface area contributed by atoms with E-state index in [1.807, 2.05) is 41.5 Å². The Morgan fingerprint density at radius 1 is 0.660 bits per heavy atom. The molecular weight excluding hydrogens is 612 g/mol. The lowest BCUT2D eigenvalue weighted by Crippen LogP contribution is -2.18. The second kappa shape index (κ2) is 12.7. The van der Waals surface area contributed by atoms with Gasteiger partial charge in [-0.05, 0) is 54.5 Å². The number of nitrogens with zero attached hydrogens (tertiary/aromatic N) is 8. The van der Waals surface area contributed by atoms with Gasteiger partial charge < -0.3 is 0 Å². The van der Waals surface area contributed by atoms with E-state index in [9.17, 15) is 22.4 Å². The van der Waals surface area contributed by atoms with E-state index in [0.717, 1.165) is 18.2 Å². The number of benzene rings is 2. The summed E-state index contributed by atoms with van der Waals surface area (Å²) >= 11 is 0. The predicted molar refractivity (Wildman–Crippen MR) is 166 cm³/mol. The fourth-order valence-electron chi connectivity index (χ4n) is 4.41. The summed E-state index contributed by atoms with van der Waals surface area (Å²) in [6, 6.07) is 13.0. The minimum Gasteiger partial charge on any atom is -0.294 e. The molecule has 0 aliphatic carbocycles. The van der Waals surface area contributed by atoms with E-state index in [4.69, 9.17) is 0 Å². The molecule has 0 spiro atoms. The predicted octanol–water partition coefficient (Wildman–Crippen LogP) is 6.23. The summed E-state index contributed by atoms with van der Waals surface area (Å²) in [4.78, 5) is 12.3. The van der Waals surface area contributed by atoms with Gasteiger partial charge in [0.2, 0.25) is 0 Å². The molecule has 6 rings (SSSR count). The summed E-state index contributed by atoms with van der Waals surface area (Å²) in [5.74, 6) is 3.43. The highest BCUT2D eigenvalue weighted by atomic mass is 19.1. The maximum absolute atomic E-state index is 13.7. The van der Waals surface area contributed by atoms with Crippen molar-refractivity contribution in [1.29, 1.82) is 0 Å². The summed E-state index contributed by atoms with van der Waals surface area (Å²) in [7, 11) is 0. The van der Waals surface area contributed by atoms with Crippen LogP contribution < -0.4 is 0 Å². The molecule has 6 aromatic rings. The van der Waals surface area contributed by atoms with Crippen LogP contribution in [-0.2, 0) is 17.3 Å². The quantitative estimate of drug-likeness (QED) is 0.128. The molecule has 0 aliphatic rings. The van der Waals surface area contributed by atoms with Crippen molar-refractivity contribution in [2.75, 3.05) is 0 Å². The van der Waals surface area contributed by atoms with Crippen molar-refractivity contribution in [3.63, 3.8) is 0 Å². The maximum Gasteiger partial charge on any atom is 0.178 e. The third kappa shape index (κ3) is 7.49. The number of fused-ring (bicyclic) bond motifs is 2. The zero-order valence-corrected chi connectivity index (χ0v) is 26.5. The average Bonchev–Trinajstić information content (AvgIpc) is 3.61. The van der Waals surface area contributed by atoms with E-state index >= 15 is 0 Å². The highest BCUT2D eigenvalue weighted by Crippen LogP contribution is 2.21. The van der Waals surface area contributed by atoms with Crippen molar-refractivity contribution >= 4 is 17.1 Å². The molecule has 4 heterocycles. The first kappa shape index (κ1) is 32.9. The minimum atomic E-state index is -0.874. The first-order chi connectivity index (χ1) is 22.1. The fourth-order valence-corrected chi connectivity index (χ4v) is 4.41. The Balaban J connectivity index is 0.000000185. The third-order valence-electron chi connectivity index (χ3n) is 6.75. The van der Waals surface area contributed by atoms with Crippen LogP contribution in [0.5, 0.6) is 0 Å². The van der Waals surface area contributed by atoms with Gasteiger partial charge in [-0.25, -0.2) is 17.6 Å². The molecule has 0 saturated carbocycles. The van der Waals surface area contributed by atoms with E-state index < -0.39 is 29.1 Å². The molecule has 0 N–H and O–H groups in total. The number of carbonyl (C=O) groups excluding carboxylic acids is 1. The highest BCUT2D eigenvalue weighted by Gasteiger charge is 2.23. The molecule has 0 unspecified atom stereocenters. The van der Waals surface area contributed by atoms with Crippen LogP contribution in [0.1, 0.15) is 80.5 Å². The molecule has 2 aromatic carbocycles. The summed E-state index contributed by atoms with van der Waals surface area (Å²) in [5, 5.41) is 25.2. The SMILES string of the molecule is CC(C)(C)c1nnc2ccc(C#Cc3ccc(F)cc3F)nn12.CC(C)(C)c1nnc2ccc(CC(=O)c3ccc(F)cc3F)nn12. The molecule has 240 valence electrons. The van der Waals surface area contributed by atoms with Crippen LogP contribution in [0.2, 0.25) is 0 Å². The van der Waals surface area contributed by atoms with Crippen molar-refractivity contribution in [3.05, 3.63) is 118 Å². The normalized spacial score (nSPS) is 11.6. The van der Waals surface area contributed by atoms with E-state index in [0.29, 0.717) is 40.4 Å². The molecule has 0 aliphatic heterocycles. The lowest BCUT2D eigenvalue weighted by atomic mass is 9.96. The van der Waals surface area contributed by atoms with Gasteiger partial charge in [0.25, 0.3) is 0 Å². The van der Waals surface area contributed by atoms with E-state index in [2.05, 4.69) is 42.4 Å². The number of halogens is 4. The third-order valence-corrected chi connectivity index (χ3v) is 6.75. The molecule has 13 heteroatoms.